The van der Waals surface area contributed by atoms with Crippen molar-refractivity contribution in [1.82, 2.24) is 9.78 Å². The van der Waals surface area contributed by atoms with Crippen LogP contribution in [0.25, 0.3) is 0 Å². The van der Waals surface area contributed by atoms with Crippen LogP contribution >= 0.6 is 23.2 Å². The molecule has 0 spiro atoms. The van der Waals surface area contributed by atoms with Crippen LogP contribution < -0.4 is 0 Å². The predicted octanol–water partition coefficient (Wildman–Crippen LogP) is 3.24. The highest BCUT2D eigenvalue weighted by atomic mass is 35.5. The molecular formula is C10H8Cl2N2. The summed E-state index contributed by atoms with van der Waals surface area (Å²) in [6.07, 6.45) is 3.62. The normalized spacial score (nSPS) is 10.4. The van der Waals surface area contributed by atoms with Crippen LogP contribution in [0.3, 0.4) is 0 Å². The molecular weight excluding hydrogens is 219 g/mol. The second kappa shape index (κ2) is 4.03. The number of nitrogens with zero attached hydrogens (tertiary/aromatic N) is 2. The molecule has 0 unspecified atom stereocenters. The van der Waals surface area contributed by atoms with Crippen LogP contribution in [0.1, 0.15) is 5.56 Å². The summed E-state index contributed by atoms with van der Waals surface area (Å²) in [5.41, 5.74) is 0.975. The number of rotatable bonds is 2. The zero-order valence-corrected chi connectivity index (χ0v) is 8.83. The van der Waals surface area contributed by atoms with Gasteiger partial charge in [-0.05, 0) is 17.7 Å². The molecule has 0 fully saturated rings. The molecule has 14 heavy (non-hydrogen) atoms. The molecule has 1 heterocycles. The first-order valence-electron chi connectivity index (χ1n) is 4.17. The van der Waals surface area contributed by atoms with E-state index in [0.29, 0.717) is 16.6 Å². The molecule has 0 bridgehead atoms. The lowest BCUT2D eigenvalue weighted by Crippen LogP contribution is -2.00. The molecule has 0 aliphatic rings. The van der Waals surface area contributed by atoms with Crippen molar-refractivity contribution in [2.45, 2.75) is 6.54 Å². The van der Waals surface area contributed by atoms with E-state index in [-0.39, 0.29) is 0 Å². The van der Waals surface area contributed by atoms with Gasteiger partial charge in [-0.25, -0.2) is 0 Å². The first kappa shape index (κ1) is 9.56. The van der Waals surface area contributed by atoms with E-state index in [0.717, 1.165) is 5.56 Å². The van der Waals surface area contributed by atoms with Crippen molar-refractivity contribution in [2.75, 3.05) is 0 Å². The Kier molecular flexibility index (Phi) is 2.75. The maximum atomic E-state index is 6.04. The first-order valence-corrected chi connectivity index (χ1v) is 4.93. The summed E-state index contributed by atoms with van der Waals surface area (Å²) in [5.74, 6) is 0. The van der Waals surface area contributed by atoms with Gasteiger partial charge in [-0.2, -0.15) is 5.10 Å². The van der Waals surface area contributed by atoms with Gasteiger partial charge in [-0.3, -0.25) is 4.68 Å². The van der Waals surface area contributed by atoms with Crippen molar-refractivity contribution in [1.29, 1.82) is 0 Å². The molecule has 0 amide bonds. The largest absolute Gasteiger partial charge is 0.268 e. The summed E-state index contributed by atoms with van der Waals surface area (Å²) in [4.78, 5) is 0. The van der Waals surface area contributed by atoms with Crippen molar-refractivity contribution in [3.05, 3.63) is 52.3 Å². The smallest absolute Gasteiger partial charge is 0.0674 e. The molecule has 0 N–H and O–H groups in total. The number of benzene rings is 1. The third kappa shape index (κ3) is 1.91. The van der Waals surface area contributed by atoms with E-state index >= 15 is 0 Å². The molecule has 1 aromatic heterocycles. The van der Waals surface area contributed by atoms with Crippen LogP contribution in [0.5, 0.6) is 0 Å². The van der Waals surface area contributed by atoms with Crippen molar-refractivity contribution in [3.63, 3.8) is 0 Å². The Morgan fingerprint density at radius 2 is 2.07 bits per heavy atom. The standard InChI is InChI=1S/C10H8Cl2N2/c11-9-4-1-3-8(10(9)12)7-14-6-2-5-13-14/h1-6H,7H2. The van der Waals surface area contributed by atoms with Crippen molar-refractivity contribution >= 4 is 23.2 Å². The molecule has 2 aromatic rings. The molecule has 0 aliphatic heterocycles. The summed E-state index contributed by atoms with van der Waals surface area (Å²) >= 11 is 11.9. The van der Waals surface area contributed by atoms with E-state index in [1.165, 1.54) is 0 Å². The minimum absolute atomic E-state index is 0.580. The monoisotopic (exact) mass is 226 g/mol. The summed E-state index contributed by atoms with van der Waals surface area (Å²) < 4.78 is 1.80. The summed E-state index contributed by atoms with van der Waals surface area (Å²) in [6.45, 7) is 0.645. The minimum atomic E-state index is 0.580. The molecule has 2 nitrogen and oxygen atoms in total. The molecule has 1 aromatic carbocycles. The first-order chi connectivity index (χ1) is 6.77. The van der Waals surface area contributed by atoms with Crippen LogP contribution in [0.4, 0.5) is 0 Å². The van der Waals surface area contributed by atoms with E-state index in [1.54, 1.807) is 16.9 Å². The second-order valence-electron chi connectivity index (χ2n) is 2.92. The highest BCUT2D eigenvalue weighted by Gasteiger charge is 2.04. The molecule has 0 radical (unpaired) electrons. The van der Waals surface area contributed by atoms with Gasteiger partial charge in [0.05, 0.1) is 16.6 Å². The van der Waals surface area contributed by atoms with Gasteiger partial charge < -0.3 is 0 Å². The fraction of sp³-hybridized carbons (Fsp3) is 0.100. The van der Waals surface area contributed by atoms with Crippen LogP contribution in [0.2, 0.25) is 10.0 Å². The van der Waals surface area contributed by atoms with Crippen molar-refractivity contribution in [3.8, 4) is 0 Å². The molecule has 72 valence electrons. The Labute approximate surface area is 92.1 Å². The molecule has 0 atom stereocenters. The Balaban J connectivity index is 2.29. The van der Waals surface area contributed by atoms with Crippen LogP contribution in [-0.4, -0.2) is 9.78 Å². The molecule has 4 heteroatoms. The van der Waals surface area contributed by atoms with E-state index < -0.39 is 0 Å². The fourth-order valence-corrected chi connectivity index (χ4v) is 1.62. The highest BCUT2D eigenvalue weighted by Crippen LogP contribution is 2.25. The average molecular weight is 227 g/mol. The van der Waals surface area contributed by atoms with Crippen LogP contribution in [-0.2, 0) is 6.54 Å². The van der Waals surface area contributed by atoms with E-state index in [9.17, 15) is 0 Å². The Morgan fingerprint density at radius 3 is 2.79 bits per heavy atom. The maximum Gasteiger partial charge on any atom is 0.0674 e. The van der Waals surface area contributed by atoms with Gasteiger partial charge in [0.25, 0.3) is 0 Å². The number of hydrogen-bond donors (Lipinski definition) is 0. The van der Waals surface area contributed by atoms with Gasteiger partial charge in [0.2, 0.25) is 0 Å². The molecule has 0 aliphatic carbocycles. The average Bonchev–Trinajstić information content (AvgIpc) is 2.66. The van der Waals surface area contributed by atoms with Crippen LogP contribution in [0, 0.1) is 0 Å². The van der Waals surface area contributed by atoms with E-state index in [1.807, 2.05) is 24.4 Å². The number of aromatic nitrogens is 2. The third-order valence-corrected chi connectivity index (χ3v) is 2.78. The lowest BCUT2D eigenvalue weighted by Gasteiger charge is -2.05. The molecule has 0 saturated carbocycles. The lowest BCUT2D eigenvalue weighted by molar-refractivity contribution is 0.687. The van der Waals surface area contributed by atoms with Gasteiger partial charge in [0.1, 0.15) is 0 Å². The van der Waals surface area contributed by atoms with Gasteiger partial charge >= 0.3 is 0 Å². The van der Waals surface area contributed by atoms with Gasteiger partial charge in [0, 0.05) is 12.4 Å². The summed E-state index contributed by atoms with van der Waals surface area (Å²) in [6, 6.07) is 7.47. The van der Waals surface area contributed by atoms with Crippen molar-refractivity contribution < 1.29 is 0 Å². The Hall–Kier alpha value is -0.990. The quantitative estimate of drug-likeness (QED) is 0.769. The van der Waals surface area contributed by atoms with E-state index in [4.69, 9.17) is 23.2 Å². The fourth-order valence-electron chi connectivity index (χ4n) is 1.24. The maximum absolute atomic E-state index is 6.04. The lowest BCUT2D eigenvalue weighted by atomic mass is 10.2. The topological polar surface area (TPSA) is 17.8 Å². The second-order valence-corrected chi connectivity index (χ2v) is 3.70. The Bertz CT molecular complexity index is 424. The van der Waals surface area contributed by atoms with E-state index in [2.05, 4.69) is 5.10 Å². The third-order valence-electron chi connectivity index (χ3n) is 1.92. The minimum Gasteiger partial charge on any atom is -0.268 e. The van der Waals surface area contributed by atoms with Gasteiger partial charge in [-0.15, -0.1) is 0 Å². The summed E-state index contributed by atoms with van der Waals surface area (Å²) in [7, 11) is 0. The number of halogens is 2. The SMILES string of the molecule is Clc1cccc(Cn2cccn2)c1Cl. The zero-order chi connectivity index (χ0) is 9.97. The van der Waals surface area contributed by atoms with Crippen LogP contribution in [0.15, 0.2) is 36.7 Å². The molecule has 2 rings (SSSR count). The van der Waals surface area contributed by atoms with Gasteiger partial charge in [0.15, 0.2) is 0 Å². The zero-order valence-electron chi connectivity index (χ0n) is 7.32. The van der Waals surface area contributed by atoms with Gasteiger partial charge in [-0.1, -0.05) is 35.3 Å². The number of hydrogen-bond acceptors (Lipinski definition) is 1. The highest BCUT2D eigenvalue weighted by molar-refractivity contribution is 6.42. The molecule has 0 saturated heterocycles. The summed E-state index contributed by atoms with van der Waals surface area (Å²) in [5, 5.41) is 5.28. The Morgan fingerprint density at radius 1 is 1.21 bits per heavy atom. The van der Waals surface area contributed by atoms with Crippen molar-refractivity contribution in [2.24, 2.45) is 0 Å². The predicted molar refractivity (Wildman–Crippen MR) is 57.8 cm³/mol.